The first-order valence-corrected chi connectivity index (χ1v) is 10.0. The number of imidazole rings is 1. The Morgan fingerprint density at radius 2 is 1.91 bits per heavy atom. The number of H-pyrrole nitrogens is 1. The zero-order valence-electron chi connectivity index (χ0n) is 17.0. The van der Waals surface area contributed by atoms with Crippen LogP contribution in [0.2, 0.25) is 0 Å². The minimum Gasteiger partial charge on any atom is -0.435 e. The van der Waals surface area contributed by atoms with E-state index in [1.807, 2.05) is 0 Å². The predicted molar refractivity (Wildman–Crippen MR) is 107 cm³/mol. The van der Waals surface area contributed by atoms with Crippen molar-refractivity contribution in [2.24, 2.45) is 0 Å². The first-order valence-electron chi connectivity index (χ1n) is 10.0. The zero-order chi connectivity index (χ0) is 23.4. The van der Waals surface area contributed by atoms with Crippen LogP contribution in [0.5, 0.6) is 0 Å². The summed E-state index contributed by atoms with van der Waals surface area (Å²) in [5, 5.41) is 7.46. The number of aromatic amines is 1. The van der Waals surface area contributed by atoms with Gasteiger partial charge < -0.3 is 18.7 Å². The third-order valence-electron chi connectivity index (χ3n) is 5.45. The van der Waals surface area contributed by atoms with Gasteiger partial charge in [0.15, 0.2) is 34.8 Å². The second kappa shape index (κ2) is 7.50. The van der Waals surface area contributed by atoms with Crippen LogP contribution in [0.4, 0.5) is 13.2 Å². The summed E-state index contributed by atoms with van der Waals surface area (Å²) in [5.41, 5.74) is 0.205. The molecule has 0 spiro atoms. The summed E-state index contributed by atoms with van der Waals surface area (Å²) in [7, 11) is 0. The van der Waals surface area contributed by atoms with Crippen molar-refractivity contribution in [2.75, 3.05) is 6.54 Å². The van der Waals surface area contributed by atoms with Crippen LogP contribution in [0.15, 0.2) is 45.6 Å². The van der Waals surface area contributed by atoms with Crippen molar-refractivity contribution in [1.29, 1.82) is 0 Å². The van der Waals surface area contributed by atoms with E-state index in [0.717, 1.165) is 12.1 Å². The normalized spacial score (nSPS) is 15.6. The number of fused-ring (bicyclic) bond motifs is 2. The lowest BCUT2D eigenvalue weighted by molar-refractivity contribution is 0.0627. The largest absolute Gasteiger partial charge is 0.435 e. The summed E-state index contributed by atoms with van der Waals surface area (Å²) in [4.78, 5) is 29.8. The second-order valence-corrected chi connectivity index (χ2v) is 7.42. The molecule has 0 saturated carbocycles. The van der Waals surface area contributed by atoms with E-state index < -0.39 is 35.3 Å². The molecule has 10 nitrogen and oxygen atoms in total. The summed E-state index contributed by atoms with van der Waals surface area (Å²) in [6, 6.07) is 3.39. The Hall–Kier alpha value is -4.55. The van der Waals surface area contributed by atoms with Crippen LogP contribution in [0.3, 0.4) is 0 Å². The van der Waals surface area contributed by atoms with Crippen molar-refractivity contribution in [3.8, 4) is 11.6 Å². The lowest BCUT2D eigenvalue weighted by atomic mass is 10.0. The van der Waals surface area contributed by atoms with Gasteiger partial charge in [0.2, 0.25) is 5.89 Å². The number of carbonyl (C=O) groups is 1. The van der Waals surface area contributed by atoms with E-state index >= 15 is 0 Å². The third kappa shape index (κ3) is 3.04. The Morgan fingerprint density at radius 3 is 2.74 bits per heavy atom. The first kappa shape index (κ1) is 20.1. The number of nitrogens with zero attached hydrogens (tertiary/aromatic N) is 6. The molecule has 0 saturated heterocycles. The molecule has 1 aromatic carbocycles. The molecule has 0 fully saturated rings. The van der Waals surface area contributed by atoms with E-state index in [4.69, 9.17) is 8.83 Å². The molecule has 1 amide bonds. The molecule has 1 N–H and O–H groups in total. The summed E-state index contributed by atoms with van der Waals surface area (Å²) in [6.07, 6.45) is 3.18. The van der Waals surface area contributed by atoms with Gasteiger partial charge >= 0.3 is 11.8 Å². The molecular formula is C21H12F3N7O3. The maximum Gasteiger partial charge on any atom is 0.312 e. The van der Waals surface area contributed by atoms with Gasteiger partial charge in [0, 0.05) is 24.9 Å². The highest BCUT2D eigenvalue weighted by Crippen LogP contribution is 2.36. The lowest BCUT2D eigenvalue weighted by Crippen LogP contribution is -2.41. The first-order chi connectivity index (χ1) is 16.5. The minimum absolute atomic E-state index is 0.143. The Bertz CT molecular complexity index is 1520. The predicted octanol–water partition coefficient (Wildman–Crippen LogP) is 3.20. The Kier molecular flexibility index (Phi) is 4.43. The lowest BCUT2D eigenvalue weighted by Gasteiger charge is -2.31. The van der Waals surface area contributed by atoms with E-state index in [1.54, 1.807) is 0 Å². The molecule has 0 unspecified atom stereocenters. The van der Waals surface area contributed by atoms with Crippen LogP contribution in [-0.2, 0) is 6.42 Å². The number of amides is 1. The van der Waals surface area contributed by atoms with Crippen molar-refractivity contribution in [3.63, 3.8) is 0 Å². The fraction of sp³-hybridized carbons (Fsp3) is 0.143. The van der Waals surface area contributed by atoms with E-state index in [9.17, 15) is 18.0 Å². The maximum atomic E-state index is 14.2. The minimum atomic E-state index is -1.03. The summed E-state index contributed by atoms with van der Waals surface area (Å²) >= 11 is 0. The van der Waals surface area contributed by atoms with Crippen LogP contribution in [-0.4, -0.2) is 47.5 Å². The number of rotatable bonds is 3. The summed E-state index contributed by atoms with van der Waals surface area (Å²) in [6.45, 7) is 0.151. The molecule has 34 heavy (non-hydrogen) atoms. The van der Waals surface area contributed by atoms with Crippen LogP contribution in [0.25, 0.3) is 22.7 Å². The zero-order valence-corrected chi connectivity index (χ0v) is 17.0. The number of hydrogen-bond acceptors (Lipinski definition) is 8. The Balaban J connectivity index is 1.42. The number of pyridine rings is 1. The summed E-state index contributed by atoms with van der Waals surface area (Å²) in [5.74, 6) is -3.85. The number of hydrogen-bond donors (Lipinski definition) is 1. The number of benzene rings is 1. The van der Waals surface area contributed by atoms with Crippen molar-refractivity contribution in [1.82, 2.24) is 35.0 Å². The highest BCUT2D eigenvalue weighted by molar-refractivity contribution is 5.90. The van der Waals surface area contributed by atoms with Gasteiger partial charge in [0.1, 0.15) is 5.52 Å². The van der Waals surface area contributed by atoms with Gasteiger partial charge in [-0.25, -0.2) is 28.1 Å². The molecule has 13 heteroatoms. The standard InChI is InChI=1S/C21H12F3N7O3/c22-9-2-1-6-25-14(9)18-29-30-20(34-18)21(32)31-7-5-12-15(27-8-26-12)16(31)19-28-13-10(23)3-4-11(24)17(13)33-19/h1-4,6,8,16H,5,7H2,(H,26,27)/t16-/m0/s1. The molecule has 1 aliphatic heterocycles. The molecule has 170 valence electrons. The highest BCUT2D eigenvalue weighted by atomic mass is 19.1. The molecule has 0 bridgehead atoms. The molecule has 5 aromatic rings. The fourth-order valence-electron chi connectivity index (χ4n) is 3.90. The van der Waals surface area contributed by atoms with Crippen molar-refractivity contribution < 1.29 is 26.8 Å². The van der Waals surface area contributed by atoms with E-state index in [1.165, 1.54) is 29.6 Å². The third-order valence-corrected chi connectivity index (χ3v) is 5.45. The maximum absolute atomic E-state index is 14.2. The second-order valence-electron chi connectivity index (χ2n) is 7.42. The van der Waals surface area contributed by atoms with Gasteiger partial charge in [-0.15, -0.1) is 10.2 Å². The van der Waals surface area contributed by atoms with Crippen LogP contribution < -0.4 is 0 Å². The van der Waals surface area contributed by atoms with Gasteiger partial charge in [-0.2, -0.15) is 0 Å². The number of oxazole rings is 1. The average Bonchev–Trinajstić information content (AvgIpc) is 3.60. The smallest absolute Gasteiger partial charge is 0.312 e. The molecule has 0 radical (unpaired) electrons. The molecule has 5 heterocycles. The van der Waals surface area contributed by atoms with Gasteiger partial charge in [-0.05, 0) is 24.3 Å². The van der Waals surface area contributed by atoms with E-state index in [0.29, 0.717) is 17.8 Å². The number of nitrogens with one attached hydrogen (secondary N) is 1. The number of halogens is 3. The molecule has 0 aliphatic carbocycles. The van der Waals surface area contributed by atoms with Gasteiger partial charge in [0.25, 0.3) is 5.89 Å². The fourth-order valence-corrected chi connectivity index (χ4v) is 3.90. The molecule has 4 aromatic heterocycles. The van der Waals surface area contributed by atoms with E-state index in [-0.39, 0.29) is 35.1 Å². The molecule has 6 rings (SSSR count). The topological polar surface area (TPSA) is 127 Å². The Labute approximate surface area is 187 Å². The molecular weight excluding hydrogens is 455 g/mol. The van der Waals surface area contributed by atoms with Crippen molar-refractivity contribution in [2.45, 2.75) is 12.5 Å². The quantitative estimate of drug-likeness (QED) is 0.429. The average molecular weight is 467 g/mol. The van der Waals surface area contributed by atoms with Crippen molar-refractivity contribution >= 4 is 17.0 Å². The molecule has 1 aliphatic rings. The molecule has 1 atom stereocenters. The summed E-state index contributed by atoms with van der Waals surface area (Å²) < 4.78 is 53.5. The van der Waals surface area contributed by atoms with Crippen LogP contribution in [0.1, 0.15) is 34.0 Å². The number of carbonyl (C=O) groups excluding carboxylic acids is 1. The monoisotopic (exact) mass is 467 g/mol. The van der Waals surface area contributed by atoms with E-state index in [2.05, 4.69) is 30.1 Å². The van der Waals surface area contributed by atoms with Gasteiger partial charge in [0.05, 0.1) is 12.0 Å². The highest BCUT2D eigenvalue weighted by Gasteiger charge is 2.40. The number of aromatic nitrogens is 6. The van der Waals surface area contributed by atoms with Crippen LogP contribution in [0, 0.1) is 17.5 Å². The Morgan fingerprint density at radius 1 is 1.06 bits per heavy atom. The SMILES string of the molecule is O=C(c1nnc(-c2ncccc2F)o1)N1CCc2[nH]cnc2[C@H]1c1nc2c(F)ccc(F)c2o1. The van der Waals surface area contributed by atoms with Crippen molar-refractivity contribution in [3.05, 3.63) is 77.4 Å². The van der Waals surface area contributed by atoms with Gasteiger partial charge in [-0.3, -0.25) is 4.79 Å². The van der Waals surface area contributed by atoms with Crippen LogP contribution >= 0.6 is 0 Å². The van der Waals surface area contributed by atoms with Gasteiger partial charge in [-0.1, -0.05) is 0 Å².